The maximum atomic E-state index is 13.9. The van der Waals surface area contributed by atoms with Crippen LogP contribution in [0.3, 0.4) is 0 Å². The smallest absolute Gasteiger partial charge is 0.224 e. The Hall–Kier alpha value is -7.88. The van der Waals surface area contributed by atoms with Crippen LogP contribution >= 0.6 is 0 Å². The first-order valence-electron chi connectivity index (χ1n) is 51.7. The molecule has 3 aromatic heterocycles. The van der Waals surface area contributed by atoms with Crippen molar-refractivity contribution in [2.45, 2.75) is 464 Å². The fraction of sp³-hybridized carbons (Fsp3) is 0.667. The molecule has 0 saturated carbocycles. The summed E-state index contributed by atoms with van der Waals surface area (Å²) < 4.78 is 0. The molecular formula is C108H166N12O4. The maximum Gasteiger partial charge on any atom is 0.224 e. The molecule has 0 atom stereocenters. The normalized spacial score (nSPS) is 11.8. The molecule has 0 fully saturated rings. The largest absolute Gasteiger partial charge is 0.326 e. The quantitative estimate of drug-likeness (QED) is 0.0198. The number of hydrogen-bond acceptors (Lipinski definition) is 10. The number of nitrogens with one attached hydrogen (secondary N) is 6. The van der Waals surface area contributed by atoms with Crippen molar-refractivity contribution in [3.63, 3.8) is 0 Å². The number of fused-ring (bicyclic) bond motifs is 20. The van der Waals surface area contributed by atoms with Gasteiger partial charge in [-0.15, -0.1) is 0 Å². The van der Waals surface area contributed by atoms with E-state index >= 15 is 0 Å². The van der Waals surface area contributed by atoms with Crippen LogP contribution < -0.4 is 21.3 Å². The highest BCUT2D eigenvalue weighted by Gasteiger charge is 2.25. The van der Waals surface area contributed by atoms with Crippen molar-refractivity contribution in [2.75, 3.05) is 21.3 Å². The summed E-state index contributed by atoms with van der Waals surface area (Å²) in [5.74, 6) is 1.42. The molecule has 0 radical (unpaired) electrons. The number of aromatic amines is 2. The summed E-state index contributed by atoms with van der Waals surface area (Å²) in [7, 11) is 0. The van der Waals surface area contributed by atoms with Crippen LogP contribution in [0.2, 0.25) is 0 Å². The Labute approximate surface area is 749 Å². The number of hydrogen-bond donors (Lipinski definition) is 6. The molecule has 0 saturated heterocycles. The van der Waals surface area contributed by atoms with Gasteiger partial charge in [-0.2, -0.15) is 0 Å². The lowest BCUT2D eigenvalue weighted by atomic mass is 10.0. The van der Waals surface area contributed by atoms with Crippen LogP contribution in [-0.2, 0) is 19.2 Å². The molecule has 4 aromatic carbocycles. The SMILES string of the molecule is CCCCCCCCCCCCCCCCCCC(=O)Nc1ccc2c(c1)-c1nc-2nc2[nH]c(nc3nc(nc4[nH]c(n1)c1ccc(NC(=O)CCCCCCCCCCCCCCCCCC)cc41)-c1cc(NC(=O)CCCCCCCCCCCCCCCCCC)ccc1-3)c1cc(NC(=O)CCCCCCCCCCCCCCCCCC)ccc21. The Morgan fingerprint density at radius 2 is 0.379 bits per heavy atom. The van der Waals surface area contributed by atoms with Crippen molar-refractivity contribution in [2.24, 2.45) is 0 Å². The lowest BCUT2D eigenvalue weighted by Crippen LogP contribution is -2.11. The highest BCUT2D eigenvalue weighted by Crippen LogP contribution is 2.41. The fourth-order valence-electron chi connectivity index (χ4n) is 18.3. The zero-order valence-electron chi connectivity index (χ0n) is 78.3. The number of H-pyrrole nitrogens is 2. The summed E-state index contributed by atoms with van der Waals surface area (Å²) in [6.45, 7) is 9.14. The average molecular weight is 1700 g/mol. The number of nitrogens with zero attached hydrogens (tertiary/aromatic N) is 6. The standard InChI is InChI=1S/C108H166N12O4/c1-5-9-13-17-21-25-29-33-37-41-45-49-53-57-61-65-69-97(121)109-85-73-77-89-93(81-85)105-114-101(89)113-102-90-78-74-86(110-98(122)70-66-62-58-54-50-46-42-38-34-30-26-22-18-14-10-6-2)82-94(90)106(115-102)117-104-92-80-76-88(112-100(124)72-68-64-60-56-52-48-44-40-36-32-28-24-20-16-12-8-4)84-96(92)108(119-104)120-107-95-83-87(75-79-91(95)103(116-105)118-107)111-99(123)71-67-63-59-55-51-47-43-39-35-31-27-23-19-15-11-7-3/h73-84H,5-72H2,1-4H3,(H,109,121)(H,110,122)(H,111,123)(H,112,124)(H2,113,114,115,116,117,118,119,120). The number of rotatable bonds is 72. The Balaban J connectivity index is 0.941. The van der Waals surface area contributed by atoms with Gasteiger partial charge in [0.1, 0.15) is 22.6 Å². The van der Waals surface area contributed by atoms with Crippen molar-refractivity contribution in [3.8, 4) is 45.6 Å². The fourth-order valence-corrected chi connectivity index (χ4v) is 18.3. The van der Waals surface area contributed by atoms with E-state index in [2.05, 4.69) is 58.9 Å². The van der Waals surface area contributed by atoms with Gasteiger partial charge in [0, 0.05) is 92.2 Å². The lowest BCUT2D eigenvalue weighted by molar-refractivity contribution is -0.117. The van der Waals surface area contributed by atoms with Gasteiger partial charge < -0.3 is 31.2 Å². The monoisotopic (exact) mass is 1700 g/mol. The van der Waals surface area contributed by atoms with Crippen molar-refractivity contribution in [1.29, 1.82) is 0 Å². The predicted octanol–water partition coefficient (Wildman–Crippen LogP) is 33.2. The van der Waals surface area contributed by atoms with Crippen LogP contribution in [-0.4, -0.2) is 63.5 Å². The molecule has 8 bridgehead atoms. The zero-order chi connectivity index (χ0) is 86.9. The molecule has 124 heavy (non-hydrogen) atoms. The van der Waals surface area contributed by atoms with E-state index in [-0.39, 0.29) is 23.6 Å². The number of anilines is 4. The molecule has 6 N–H and O–H groups in total. The van der Waals surface area contributed by atoms with Crippen molar-refractivity contribution in [3.05, 3.63) is 72.8 Å². The average Bonchev–Trinajstić information content (AvgIpc) is 1.57. The van der Waals surface area contributed by atoms with Crippen molar-refractivity contribution >= 4 is 90.5 Å². The van der Waals surface area contributed by atoms with Gasteiger partial charge in [-0.25, -0.2) is 29.9 Å². The molecule has 2 aliphatic heterocycles. The Morgan fingerprint density at radius 1 is 0.202 bits per heavy atom. The van der Waals surface area contributed by atoms with Crippen LogP contribution in [0.15, 0.2) is 72.8 Å². The Bertz CT molecular complexity index is 4370. The molecule has 2 aliphatic rings. The molecule has 7 aromatic rings. The lowest BCUT2D eigenvalue weighted by Gasteiger charge is -2.08. The van der Waals surface area contributed by atoms with Gasteiger partial charge in [-0.05, 0) is 98.5 Å². The third-order valence-corrected chi connectivity index (χ3v) is 26.0. The minimum Gasteiger partial charge on any atom is -0.326 e. The number of carbonyl (C=O) groups is 4. The summed E-state index contributed by atoms with van der Waals surface area (Å²) in [6.07, 6.45) is 83.2. The number of unbranched alkanes of at least 4 members (excludes halogenated alkanes) is 60. The summed E-state index contributed by atoms with van der Waals surface area (Å²) in [5, 5.41) is 15.8. The van der Waals surface area contributed by atoms with Gasteiger partial charge >= 0.3 is 0 Å². The Morgan fingerprint density at radius 3 is 0.597 bits per heavy atom. The second kappa shape index (κ2) is 61.5. The second-order valence-corrected chi connectivity index (χ2v) is 37.1. The first kappa shape index (κ1) is 99.9. The molecule has 0 spiro atoms. The minimum absolute atomic E-state index is 0.0310. The van der Waals surface area contributed by atoms with Gasteiger partial charge in [0.2, 0.25) is 23.6 Å². The third-order valence-electron chi connectivity index (χ3n) is 26.0. The van der Waals surface area contributed by atoms with Crippen LogP contribution in [0.1, 0.15) is 464 Å². The molecule has 0 aliphatic carbocycles. The van der Waals surface area contributed by atoms with Crippen molar-refractivity contribution in [1.82, 2.24) is 39.9 Å². The number of carbonyl (C=O) groups excluding carboxylic acids is 4. The summed E-state index contributed by atoms with van der Waals surface area (Å²) in [5.41, 5.74) is 7.26. The molecule has 9 rings (SSSR count). The van der Waals surface area contributed by atoms with E-state index in [0.29, 0.717) is 116 Å². The highest BCUT2D eigenvalue weighted by atomic mass is 16.2. The summed E-state index contributed by atoms with van der Waals surface area (Å²) in [6, 6.07) is 23.4. The van der Waals surface area contributed by atoms with Crippen LogP contribution in [0.25, 0.3) is 89.7 Å². The molecule has 0 unspecified atom stereocenters. The number of aromatic nitrogens is 8. The van der Waals surface area contributed by atoms with Gasteiger partial charge in [0.05, 0.1) is 0 Å². The number of benzene rings is 4. The molecule has 682 valence electrons. The zero-order valence-corrected chi connectivity index (χ0v) is 78.3. The Kier molecular flexibility index (Phi) is 49.6. The van der Waals surface area contributed by atoms with Gasteiger partial charge in [-0.3, -0.25) is 19.2 Å². The minimum atomic E-state index is -0.0389. The molecule has 4 amide bonds. The van der Waals surface area contributed by atoms with Crippen molar-refractivity contribution < 1.29 is 19.2 Å². The second-order valence-electron chi connectivity index (χ2n) is 37.1. The van der Waals surface area contributed by atoms with E-state index < -0.39 is 0 Å². The maximum absolute atomic E-state index is 13.9. The van der Waals surface area contributed by atoms with E-state index in [0.717, 1.165) is 98.8 Å². The first-order chi connectivity index (χ1) is 61.1. The first-order valence-corrected chi connectivity index (χ1v) is 51.7. The topological polar surface area (TPSA) is 225 Å². The van der Waals surface area contributed by atoms with E-state index in [9.17, 15) is 19.2 Å². The van der Waals surface area contributed by atoms with E-state index in [4.69, 9.17) is 29.9 Å². The van der Waals surface area contributed by atoms with Gasteiger partial charge in [0.25, 0.3) is 0 Å². The molecular weight excluding hydrogens is 1530 g/mol. The summed E-state index contributed by atoms with van der Waals surface area (Å²) >= 11 is 0. The summed E-state index contributed by atoms with van der Waals surface area (Å²) in [4.78, 5) is 94.8. The molecule has 16 heteroatoms. The van der Waals surface area contributed by atoms with Gasteiger partial charge in [-0.1, -0.05) is 413 Å². The van der Waals surface area contributed by atoms with E-state index in [1.807, 2.05) is 72.8 Å². The van der Waals surface area contributed by atoms with Crippen LogP contribution in [0, 0.1) is 0 Å². The number of amides is 4. The van der Waals surface area contributed by atoms with Gasteiger partial charge in [0.15, 0.2) is 23.3 Å². The van der Waals surface area contributed by atoms with E-state index in [1.165, 1.54) is 334 Å². The van der Waals surface area contributed by atoms with Crippen LogP contribution in [0.4, 0.5) is 22.7 Å². The molecule has 5 heterocycles. The third kappa shape index (κ3) is 38.0. The molecule has 16 nitrogen and oxygen atoms in total. The predicted molar refractivity (Wildman–Crippen MR) is 527 cm³/mol. The highest BCUT2D eigenvalue weighted by molar-refractivity contribution is 6.09. The van der Waals surface area contributed by atoms with E-state index in [1.54, 1.807) is 0 Å². The van der Waals surface area contributed by atoms with Crippen LogP contribution in [0.5, 0.6) is 0 Å².